The Bertz CT molecular complexity index is 3580. The number of carbonyl (C=O) groups excluding carboxylic acids is 5. The molecule has 10 N–H and O–H groups in total. The topological polar surface area (TPSA) is 310 Å². The fraction of sp³-hybridized carbons (Fsp3) is 0.884. The van der Waals surface area contributed by atoms with Crippen LogP contribution in [0.15, 0.2) is 48.6 Å². The van der Waals surface area contributed by atoms with E-state index in [1.54, 1.807) is 13.0 Å². The zero-order valence-electron chi connectivity index (χ0n) is 94.6. The number of nitrogens with zero attached hydrogens (tertiary/aromatic N) is 10. The van der Waals surface area contributed by atoms with Crippen LogP contribution in [-0.4, -0.2) is 258 Å². The minimum absolute atomic E-state index is 0.0746. The Morgan fingerprint density at radius 1 is 0.355 bits per heavy atom. The smallest absolute Gasteiger partial charge is 0.223 e. The number of amidine groups is 2. The number of ketones is 1. The highest BCUT2D eigenvalue weighted by atomic mass is 16.5. The van der Waals surface area contributed by atoms with Crippen LogP contribution in [0.25, 0.3) is 0 Å². The Balaban J connectivity index is 0.000000326. The molecule has 0 bridgehead atoms. The number of benzene rings is 1. The van der Waals surface area contributed by atoms with E-state index in [2.05, 4.69) is 291 Å². The van der Waals surface area contributed by atoms with E-state index in [1.807, 2.05) is 33.8 Å². The van der Waals surface area contributed by atoms with Gasteiger partial charge >= 0.3 is 0 Å². The van der Waals surface area contributed by atoms with Gasteiger partial charge in [-0.1, -0.05) is 239 Å². The number of unbranched alkanes of at least 4 members (excludes halogenated alkanes) is 1. The lowest BCUT2D eigenvalue weighted by molar-refractivity contribution is -0.137. The van der Waals surface area contributed by atoms with Crippen LogP contribution in [0.1, 0.15) is 380 Å². The first-order valence-electron chi connectivity index (χ1n) is 54.5. The predicted molar refractivity (Wildman–Crippen MR) is 578 cm³/mol. The normalized spacial score (nSPS) is 24.1. The van der Waals surface area contributed by atoms with Crippen molar-refractivity contribution in [3.05, 3.63) is 29.3 Å². The zero-order valence-corrected chi connectivity index (χ0v) is 94.6. The average molecular weight is 1940 g/mol. The summed E-state index contributed by atoms with van der Waals surface area (Å²) in [5, 5.41) is 56.2. The lowest BCUT2D eigenvalue weighted by Gasteiger charge is -2.43. The SMILES string of the molecule is CC(=O)CCCCC(=O)N1CCNCC1C(C)(C)C.CC(C)(C)C1CCCCN1.CC(C)(C)C1CCCCN1.CC(C)(C)C1CCCCN1.CC(C)(C)C1CCCO1.CC(C)(C)C1CCNC1.CC(C)(C)C1CCNCC1.CC(C)(C)C1CNCCN1C(=O)CCC1=NCN=N1.CC(C)(C)C1CNCCN1C(=O)CCCC1=NCN=N1.Cc1ccc(CCC(=O)N2CCNCC2C(C)(C)C)cc1O. The number of hydrogen-bond donors (Lipinski definition) is 10. The van der Waals surface area contributed by atoms with Gasteiger partial charge in [0.1, 0.15) is 23.2 Å². The number of ether oxygens (including phenoxy) is 1. The zero-order chi connectivity index (χ0) is 104. The first kappa shape index (κ1) is 125. The summed E-state index contributed by atoms with van der Waals surface area (Å²) in [5.41, 5.74) is 5.03. The molecule has 0 saturated carbocycles. The Labute approximate surface area is 843 Å². The molecule has 4 amide bonds. The maximum absolute atomic E-state index is 12.6. The highest BCUT2D eigenvalue weighted by molar-refractivity contribution is 5.88. The predicted octanol–water partition coefficient (Wildman–Crippen LogP) is 20.1. The van der Waals surface area contributed by atoms with Crippen LogP contribution < -0.4 is 47.9 Å². The van der Waals surface area contributed by atoms with Gasteiger partial charge in [-0.15, -0.1) is 10.2 Å². The molecule has 1 aromatic carbocycles. The van der Waals surface area contributed by atoms with Gasteiger partial charge in [-0.05, 0) is 239 Å². The van der Waals surface area contributed by atoms with Gasteiger partial charge in [-0.2, -0.15) is 10.2 Å². The third kappa shape index (κ3) is 49.5. The van der Waals surface area contributed by atoms with Crippen molar-refractivity contribution in [3.8, 4) is 5.75 Å². The molecule has 0 radical (unpaired) electrons. The van der Waals surface area contributed by atoms with Crippen molar-refractivity contribution in [1.82, 2.24) is 67.5 Å². The van der Waals surface area contributed by atoms with Gasteiger partial charge in [0, 0.05) is 172 Å². The summed E-state index contributed by atoms with van der Waals surface area (Å²) in [6.45, 7) is 91.9. The maximum Gasteiger partial charge on any atom is 0.223 e. The third-order valence-corrected chi connectivity index (χ3v) is 29.5. The number of amides is 4. The van der Waals surface area contributed by atoms with E-state index in [9.17, 15) is 29.1 Å². The second kappa shape index (κ2) is 60.6. The molecule has 0 aromatic heterocycles. The molecule has 13 rings (SSSR count). The van der Waals surface area contributed by atoms with Gasteiger partial charge in [-0.25, -0.2) is 9.98 Å². The Hall–Kier alpha value is -5.29. The van der Waals surface area contributed by atoms with Gasteiger partial charge in [-0.3, -0.25) is 19.2 Å². The molecule has 0 aliphatic carbocycles. The highest BCUT2D eigenvalue weighted by Gasteiger charge is 2.41. The summed E-state index contributed by atoms with van der Waals surface area (Å²) in [4.78, 5) is 77.0. The number of phenolic OH excluding ortho intramolecular Hbond substituents is 1. The molecule has 138 heavy (non-hydrogen) atoms. The average Bonchev–Trinajstić information content (AvgIpc) is 0.850. The van der Waals surface area contributed by atoms with Crippen molar-refractivity contribution in [2.45, 2.75) is 430 Å². The van der Waals surface area contributed by atoms with Crippen LogP contribution >= 0.6 is 0 Å². The lowest BCUT2D eigenvalue weighted by atomic mass is 9.76. The monoisotopic (exact) mass is 1940 g/mol. The number of aromatic hydroxyl groups is 1. The van der Waals surface area contributed by atoms with Crippen LogP contribution in [0, 0.1) is 72.9 Å². The molecule has 10 saturated heterocycles. The van der Waals surface area contributed by atoms with Crippen molar-refractivity contribution in [2.24, 2.45) is 96.4 Å². The fourth-order valence-corrected chi connectivity index (χ4v) is 19.9. The fourth-order valence-electron chi connectivity index (χ4n) is 19.9. The summed E-state index contributed by atoms with van der Waals surface area (Å²) in [6, 6.07) is 8.93. The van der Waals surface area contributed by atoms with E-state index in [0.717, 1.165) is 158 Å². The van der Waals surface area contributed by atoms with E-state index in [0.29, 0.717) is 108 Å². The molecule has 10 fully saturated rings. The van der Waals surface area contributed by atoms with E-state index >= 15 is 0 Å². The minimum atomic E-state index is 0.0746. The van der Waals surface area contributed by atoms with Crippen LogP contribution in [0.4, 0.5) is 0 Å². The number of aliphatic imine (C=N–C) groups is 2. The van der Waals surface area contributed by atoms with Crippen molar-refractivity contribution < 1.29 is 33.8 Å². The summed E-state index contributed by atoms with van der Waals surface area (Å²) in [5.74, 6) is 4.74. The quantitative estimate of drug-likeness (QED) is 0.0730. The van der Waals surface area contributed by atoms with E-state index in [-0.39, 0.29) is 75.2 Å². The molecule has 798 valence electrons. The molecule has 26 heteroatoms. The standard InChI is InChI=1S/C18H28N2O2.C15H28N2O2.C14H25N5O.C13H23N5O.4C9H19N.C8H17N.C8H16O/c1-13-5-6-14(11-15(13)21)7-8-17(22)20-10-9-19-12-16(20)18(2,3)4;1-12(18)7-5-6-8-14(19)17-10-9-16-11-13(17)15(2,3)4;1-14(2,3)11-9-15-7-8-19(11)13(20)6-4-5-12-16-10-17-18-12;1-13(2,3)10-8-14-6-7-18(10)12(19)5-4-11-15-9-16-17-11;1-9(2,3)8-4-6-10-7-5-8;3*1-9(2,3)8-6-4-5-7-10-8;1-8(2,3)7-4-5-9-6-7;1-8(2,3)7-5-4-6-9-7/h5-6,11,16,19,21H,7-10,12H2,1-4H3;13,16H,5-11H2,1-4H3;11,15H,4-10H2,1-3H3;10,14H,4-9H2,1-3H3;4*8,10H,4-7H2,1-3H3;7,9H,4-6H2,1-3H3;7H,4-6H2,1-3H3. The van der Waals surface area contributed by atoms with E-state index in [4.69, 9.17) is 4.74 Å². The highest BCUT2D eigenvalue weighted by Crippen LogP contribution is 2.37. The van der Waals surface area contributed by atoms with Gasteiger partial charge in [0.2, 0.25) is 23.6 Å². The molecular formula is C112H213N19O7. The first-order valence-corrected chi connectivity index (χ1v) is 54.5. The molecule has 0 spiro atoms. The number of azo groups is 2. The molecule has 1 aromatic rings. The number of phenols is 1. The van der Waals surface area contributed by atoms with Crippen molar-refractivity contribution >= 4 is 41.1 Å². The Morgan fingerprint density at radius 3 is 0.978 bits per heavy atom. The van der Waals surface area contributed by atoms with E-state index in [1.165, 1.54) is 136 Å². The van der Waals surface area contributed by atoms with Crippen LogP contribution in [-0.2, 0) is 35.1 Å². The summed E-state index contributed by atoms with van der Waals surface area (Å²) in [7, 11) is 0. The van der Waals surface area contributed by atoms with Gasteiger partial charge in [0.05, 0.1) is 6.10 Å². The second-order valence-electron chi connectivity index (χ2n) is 51.9. The number of piperazine rings is 4. The lowest BCUT2D eigenvalue weighted by Crippen LogP contribution is -2.58. The first-order chi connectivity index (χ1) is 64.2. The Kier molecular flexibility index (Phi) is 54.9. The Morgan fingerprint density at radius 2 is 0.703 bits per heavy atom. The van der Waals surface area contributed by atoms with Gasteiger partial charge in [0.25, 0.3) is 0 Å². The number of rotatable bonds is 15. The van der Waals surface area contributed by atoms with Crippen LogP contribution in [0.3, 0.4) is 0 Å². The van der Waals surface area contributed by atoms with Crippen molar-refractivity contribution in [1.29, 1.82) is 0 Å². The molecule has 9 atom stereocenters. The molecular weight excluding hydrogens is 1720 g/mol. The number of aryl methyl sites for hydroxylation is 2. The molecule has 12 aliphatic rings. The summed E-state index contributed by atoms with van der Waals surface area (Å²) < 4.78 is 5.52. The maximum atomic E-state index is 12.6. The van der Waals surface area contributed by atoms with Crippen LogP contribution in [0.2, 0.25) is 0 Å². The molecule has 26 nitrogen and oxygen atoms in total. The third-order valence-electron chi connectivity index (χ3n) is 29.5. The second-order valence-corrected chi connectivity index (χ2v) is 51.9. The van der Waals surface area contributed by atoms with Gasteiger partial charge in [0.15, 0.2) is 13.3 Å². The van der Waals surface area contributed by atoms with Crippen molar-refractivity contribution in [2.75, 3.05) is 144 Å². The van der Waals surface area contributed by atoms with Crippen LogP contribution in [0.5, 0.6) is 5.75 Å². The number of carbonyl (C=O) groups is 5. The molecule has 9 unspecified atom stereocenters. The number of hydrogen-bond acceptors (Lipinski definition) is 22. The summed E-state index contributed by atoms with van der Waals surface area (Å²) in [6.07, 6.45) is 26.7. The van der Waals surface area contributed by atoms with E-state index < -0.39 is 0 Å². The van der Waals surface area contributed by atoms with Gasteiger partial charge < -0.3 is 82.1 Å². The number of Topliss-reactive ketones (excluding diaryl/α,β-unsaturated/α-hetero) is 1. The number of nitrogens with one attached hydrogen (secondary N) is 9. The van der Waals surface area contributed by atoms with Crippen molar-refractivity contribution in [3.63, 3.8) is 0 Å². The summed E-state index contributed by atoms with van der Waals surface area (Å²) >= 11 is 0. The molecule has 12 heterocycles. The molecule has 12 aliphatic heterocycles. The largest absolute Gasteiger partial charge is 0.508 e. The minimum Gasteiger partial charge on any atom is -0.508 e. The number of piperidine rings is 4.